The lowest BCUT2D eigenvalue weighted by Crippen LogP contribution is -2.39. The molecular weight excluding hydrogens is 378 g/mol. The standard InChI is InChI=1S/C20H19N3O4S/c1-10-15-17(24)21-12(3)22-18(15)28-16(10)20(26)27-11(2)19(25)23-9-8-13-6-4-5-7-14(13)23/h4-7,11H,8-9H2,1-3H3,(H,21,22,24). The number of para-hydroxylation sites is 1. The molecule has 28 heavy (non-hydrogen) atoms. The van der Waals surface area contributed by atoms with Gasteiger partial charge in [0, 0.05) is 12.2 Å². The number of carbonyl (C=O) groups is 2. The van der Waals surface area contributed by atoms with Gasteiger partial charge in [0.2, 0.25) is 0 Å². The van der Waals surface area contributed by atoms with Crippen LogP contribution in [0.5, 0.6) is 0 Å². The summed E-state index contributed by atoms with van der Waals surface area (Å²) in [6.45, 7) is 5.51. The predicted molar refractivity (Wildman–Crippen MR) is 107 cm³/mol. The van der Waals surface area contributed by atoms with Gasteiger partial charge in [-0.25, -0.2) is 9.78 Å². The number of thiophene rings is 1. The summed E-state index contributed by atoms with van der Waals surface area (Å²) in [4.78, 5) is 47.0. The van der Waals surface area contributed by atoms with Crippen molar-refractivity contribution in [3.63, 3.8) is 0 Å². The summed E-state index contributed by atoms with van der Waals surface area (Å²) >= 11 is 1.10. The van der Waals surface area contributed by atoms with Crippen LogP contribution >= 0.6 is 11.3 Å². The highest BCUT2D eigenvalue weighted by Gasteiger charge is 2.31. The maximum absolute atomic E-state index is 12.8. The first-order valence-electron chi connectivity index (χ1n) is 8.97. The molecule has 3 aromatic rings. The van der Waals surface area contributed by atoms with Crippen molar-refractivity contribution in [3.05, 3.63) is 56.4 Å². The van der Waals surface area contributed by atoms with Gasteiger partial charge in [-0.15, -0.1) is 11.3 Å². The summed E-state index contributed by atoms with van der Waals surface area (Å²) in [5, 5.41) is 0.384. The minimum atomic E-state index is -0.934. The number of hydrogen-bond donors (Lipinski definition) is 1. The first-order chi connectivity index (χ1) is 13.4. The SMILES string of the molecule is Cc1nc2sc(C(=O)OC(C)C(=O)N3CCc4ccccc43)c(C)c2c(=O)[nH]1. The third kappa shape index (κ3) is 2.99. The minimum Gasteiger partial charge on any atom is -0.448 e. The molecule has 0 saturated heterocycles. The lowest BCUT2D eigenvalue weighted by atomic mass is 10.2. The van der Waals surface area contributed by atoms with Crippen molar-refractivity contribution >= 4 is 39.1 Å². The Kier molecular flexibility index (Phi) is 4.50. The van der Waals surface area contributed by atoms with Crippen LogP contribution in [-0.2, 0) is 16.0 Å². The van der Waals surface area contributed by atoms with E-state index < -0.39 is 12.1 Å². The third-order valence-corrected chi connectivity index (χ3v) is 6.05. The second-order valence-corrected chi connectivity index (χ2v) is 7.80. The zero-order valence-corrected chi connectivity index (χ0v) is 16.6. The van der Waals surface area contributed by atoms with E-state index in [0.29, 0.717) is 33.0 Å². The Morgan fingerprint density at radius 2 is 2.04 bits per heavy atom. The third-order valence-electron chi connectivity index (χ3n) is 4.89. The quantitative estimate of drug-likeness (QED) is 0.686. The number of nitrogens with one attached hydrogen (secondary N) is 1. The van der Waals surface area contributed by atoms with Crippen molar-refractivity contribution in [3.8, 4) is 0 Å². The Labute approximate surface area is 165 Å². The van der Waals surface area contributed by atoms with Crippen molar-refractivity contribution in [1.29, 1.82) is 0 Å². The number of amides is 1. The zero-order chi connectivity index (χ0) is 20.0. The van der Waals surface area contributed by atoms with Crippen LogP contribution in [0, 0.1) is 13.8 Å². The van der Waals surface area contributed by atoms with E-state index in [1.807, 2.05) is 24.3 Å². The van der Waals surface area contributed by atoms with Crippen LogP contribution in [0.4, 0.5) is 5.69 Å². The van der Waals surface area contributed by atoms with Crippen LogP contribution in [0.25, 0.3) is 10.2 Å². The van der Waals surface area contributed by atoms with Crippen molar-refractivity contribution in [1.82, 2.24) is 9.97 Å². The summed E-state index contributed by atoms with van der Waals surface area (Å²) in [7, 11) is 0. The number of benzene rings is 1. The fraction of sp³-hybridized carbons (Fsp3) is 0.300. The first kappa shape index (κ1) is 18.4. The summed E-state index contributed by atoms with van der Waals surface area (Å²) in [5.74, 6) is -0.398. The van der Waals surface area contributed by atoms with E-state index in [1.54, 1.807) is 25.7 Å². The van der Waals surface area contributed by atoms with E-state index in [9.17, 15) is 14.4 Å². The van der Waals surface area contributed by atoms with Crippen molar-refractivity contribution in [2.75, 3.05) is 11.4 Å². The minimum absolute atomic E-state index is 0.260. The largest absolute Gasteiger partial charge is 0.448 e. The molecule has 8 heteroatoms. The van der Waals surface area contributed by atoms with Crippen molar-refractivity contribution in [2.45, 2.75) is 33.3 Å². The van der Waals surface area contributed by atoms with Crippen LogP contribution in [0.2, 0.25) is 0 Å². The molecule has 0 saturated carbocycles. The lowest BCUT2D eigenvalue weighted by molar-refractivity contribution is -0.126. The molecule has 0 bridgehead atoms. The summed E-state index contributed by atoms with van der Waals surface area (Å²) in [6, 6.07) is 7.71. The molecule has 0 fully saturated rings. The Bertz CT molecular complexity index is 1160. The Morgan fingerprint density at radius 3 is 2.82 bits per heavy atom. The number of carbonyl (C=O) groups excluding carboxylic acids is 2. The van der Waals surface area contributed by atoms with E-state index in [2.05, 4.69) is 9.97 Å². The maximum Gasteiger partial charge on any atom is 0.349 e. The Balaban J connectivity index is 1.56. The molecule has 1 atom stereocenters. The molecule has 0 aliphatic carbocycles. The molecule has 3 heterocycles. The molecule has 0 radical (unpaired) electrons. The molecule has 1 unspecified atom stereocenters. The van der Waals surface area contributed by atoms with E-state index in [1.165, 1.54) is 0 Å². The van der Waals surface area contributed by atoms with Crippen molar-refractivity contribution < 1.29 is 14.3 Å². The van der Waals surface area contributed by atoms with Crippen LogP contribution < -0.4 is 10.5 Å². The van der Waals surface area contributed by atoms with Gasteiger partial charge < -0.3 is 14.6 Å². The van der Waals surface area contributed by atoms with E-state index in [0.717, 1.165) is 29.0 Å². The number of hydrogen-bond acceptors (Lipinski definition) is 6. The van der Waals surface area contributed by atoms with Gasteiger partial charge in [0.15, 0.2) is 6.10 Å². The number of anilines is 1. The molecule has 1 aliphatic heterocycles. The molecule has 4 rings (SSSR count). The van der Waals surface area contributed by atoms with Gasteiger partial charge in [-0.3, -0.25) is 9.59 Å². The molecule has 1 aromatic carbocycles. The fourth-order valence-electron chi connectivity index (χ4n) is 3.50. The highest BCUT2D eigenvalue weighted by atomic mass is 32.1. The molecule has 1 amide bonds. The monoisotopic (exact) mass is 397 g/mol. The van der Waals surface area contributed by atoms with Crippen molar-refractivity contribution in [2.24, 2.45) is 0 Å². The van der Waals surface area contributed by atoms with Gasteiger partial charge in [0.1, 0.15) is 15.5 Å². The average Bonchev–Trinajstić information content (AvgIpc) is 3.22. The lowest BCUT2D eigenvalue weighted by Gasteiger charge is -2.21. The van der Waals surface area contributed by atoms with E-state index in [4.69, 9.17) is 4.74 Å². The smallest absolute Gasteiger partial charge is 0.349 e. The zero-order valence-electron chi connectivity index (χ0n) is 15.7. The maximum atomic E-state index is 12.8. The van der Waals surface area contributed by atoms with Gasteiger partial charge in [0.05, 0.1) is 5.39 Å². The fourth-order valence-corrected chi connectivity index (χ4v) is 4.61. The second-order valence-electron chi connectivity index (χ2n) is 6.80. The molecule has 7 nitrogen and oxygen atoms in total. The molecule has 1 aliphatic rings. The summed E-state index contributed by atoms with van der Waals surface area (Å²) in [6.07, 6.45) is -0.150. The second kappa shape index (κ2) is 6.87. The highest BCUT2D eigenvalue weighted by Crippen LogP contribution is 2.30. The molecule has 1 N–H and O–H groups in total. The summed E-state index contributed by atoms with van der Waals surface area (Å²) < 4.78 is 5.45. The van der Waals surface area contributed by atoms with Crippen LogP contribution in [0.3, 0.4) is 0 Å². The topological polar surface area (TPSA) is 92.4 Å². The average molecular weight is 397 g/mol. The van der Waals surface area contributed by atoms with Gasteiger partial charge in [-0.1, -0.05) is 18.2 Å². The van der Waals surface area contributed by atoms with Crippen LogP contribution in [0.1, 0.15) is 33.5 Å². The number of H-pyrrole nitrogens is 1. The molecule has 2 aromatic heterocycles. The number of aryl methyl sites for hydroxylation is 2. The highest BCUT2D eigenvalue weighted by molar-refractivity contribution is 7.20. The Morgan fingerprint density at radius 1 is 1.29 bits per heavy atom. The van der Waals surface area contributed by atoms with Gasteiger partial charge in [-0.2, -0.15) is 0 Å². The van der Waals surface area contributed by atoms with Gasteiger partial charge in [0.25, 0.3) is 11.5 Å². The number of ether oxygens (including phenoxy) is 1. The van der Waals surface area contributed by atoms with E-state index in [-0.39, 0.29) is 11.5 Å². The van der Waals surface area contributed by atoms with Crippen LogP contribution in [0.15, 0.2) is 29.1 Å². The summed E-state index contributed by atoms with van der Waals surface area (Å²) in [5.41, 5.74) is 2.20. The first-order valence-corrected chi connectivity index (χ1v) is 9.78. The number of nitrogens with zero attached hydrogens (tertiary/aromatic N) is 2. The predicted octanol–water partition coefficient (Wildman–Crippen LogP) is 2.74. The van der Waals surface area contributed by atoms with Gasteiger partial charge in [-0.05, 0) is 44.4 Å². The molecule has 0 spiro atoms. The number of fused-ring (bicyclic) bond motifs is 2. The Hall–Kier alpha value is -3.00. The number of rotatable bonds is 3. The normalized spacial score (nSPS) is 14.2. The number of aromatic nitrogens is 2. The molecular formula is C20H19N3O4S. The van der Waals surface area contributed by atoms with Gasteiger partial charge >= 0.3 is 5.97 Å². The number of esters is 1. The molecule has 144 valence electrons. The van der Waals surface area contributed by atoms with Crippen LogP contribution in [-0.4, -0.2) is 34.5 Å². The van der Waals surface area contributed by atoms with E-state index >= 15 is 0 Å². The number of aromatic amines is 1.